The van der Waals surface area contributed by atoms with Gasteiger partial charge in [0.1, 0.15) is 0 Å². The molecule has 1 N–H and O–H groups in total. The lowest BCUT2D eigenvalue weighted by Crippen LogP contribution is -2.25. The summed E-state index contributed by atoms with van der Waals surface area (Å²) in [4.78, 5) is 14.7. The lowest BCUT2D eigenvalue weighted by atomic mass is 9.87. The first-order valence-electron chi connectivity index (χ1n) is 6.81. The van der Waals surface area contributed by atoms with E-state index in [9.17, 15) is 4.79 Å². The van der Waals surface area contributed by atoms with Gasteiger partial charge in [0, 0.05) is 10.9 Å². The molecule has 1 unspecified atom stereocenters. The Morgan fingerprint density at radius 3 is 2.68 bits per heavy atom. The molecule has 1 rings (SSSR count). The highest BCUT2D eigenvalue weighted by atomic mass is 32.1. The zero-order valence-corrected chi connectivity index (χ0v) is 13.2. The Balaban J connectivity index is 2.28. The first kappa shape index (κ1) is 16.2. The average Bonchev–Trinajstić information content (AvgIpc) is 2.86. The highest BCUT2D eigenvalue weighted by molar-refractivity contribution is 7.10. The van der Waals surface area contributed by atoms with Crippen LogP contribution in [0.3, 0.4) is 0 Å². The lowest BCUT2D eigenvalue weighted by molar-refractivity contribution is -0.147. The number of hydrogen-bond acceptors (Lipinski definition) is 3. The fraction of sp³-hybridized carbons (Fsp3) is 0.667. The second-order valence-electron chi connectivity index (χ2n) is 5.82. The number of carboxylic acids is 1. The molecule has 1 aromatic heterocycles. The number of rotatable bonds is 8. The molecular formula is C15H25NO2S. The molecule has 3 nitrogen and oxygen atoms in total. The minimum Gasteiger partial charge on any atom is -0.481 e. The summed E-state index contributed by atoms with van der Waals surface area (Å²) in [7, 11) is 2.13. The molecule has 0 aliphatic carbocycles. The van der Waals surface area contributed by atoms with Crippen LogP contribution < -0.4 is 0 Å². The fourth-order valence-electron chi connectivity index (χ4n) is 1.97. The van der Waals surface area contributed by atoms with E-state index in [1.54, 1.807) is 25.2 Å². The standard InChI is InChI=1S/C15H25NO2S/c1-12(13-8-7-11-19-13)16(4)10-6-5-9-15(2,3)14(17)18/h7-8,11-12H,5-6,9-10H2,1-4H3,(H,17,18). The Morgan fingerprint density at radius 1 is 1.47 bits per heavy atom. The van der Waals surface area contributed by atoms with Crippen molar-refractivity contribution in [2.75, 3.05) is 13.6 Å². The van der Waals surface area contributed by atoms with Gasteiger partial charge in [0.25, 0.3) is 0 Å². The number of aliphatic carboxylic acids is 1. The van der Waals surface area contributed by atoms with Gasteiger partial charge in [0.15, 0.2) is 0 Å². The van der Waals surface area contributed by atoms with Crippen LogP contribution in [0.1, 0.15) is 51.0 Å². The Morgan fingerprint density at radius 2 is 2.16 bits per heavy atom. The molecule has 0 saturated carbocycles. The van der Waals surface area contributed by atoms with Crippen LogP contribution in [0.15, 0.2) is 17.5 Å². The minimum absolute atomic E-state index is 0.437. The second kappa shape index (κ2) is 7.06. The molecule has 0 aromatic carbocycles. The van der Waals surface area contributed by atoms with Crippen LogP contribution in [0.25, 0.3) is 0 Å². The van der Waals surface area contributed by atoms with Crippen molar-refractivity contribution in [1.82, 2.24) is 4.90 Å². The summed E-state index contributed by atoms with van der Waals surface area (Å²) < 4.78 is 0. The van der Waals surface area contributed by atoms with Crippen molar-refractivity contribution in [2.45, 2.75) is 46.1 Å². The number of nitrogens with zero attached hydrogens (tertiary/aromatic N) is 1. The van der Waals surface area contributed by atoms with Crippen LogP contribution >= 0.6 is 11.3 Å². The number of carbonyl (C=O) groups is 1. The molecule has 0 spiro atoms. The quantitative estimate of drug-likeness (QED) is 0.732. The van der Waals surface area contributed by atoms with E-state index in [4.69, 9.17) is 5.11 Å². The molecule has 108 valence electrons. The molecule has 0 fully saturated rings. The van der Waals surface area contributed by atoms with Crippen LogP contribution in [0.4, 0.5) is 0 Å². The molecule has 0 bridgehead atoms. The maximum Gasteiger partial charge on any atom is 0.309 e. The van der Waals surface area contributed by atoms with E-state index in [0.717, 1.165) is 25.8 Å². The molecule has 19 heavy (non-hydrogen) atoms. The SMILES string of the molecule is CC(c1cccs1)N(C)CCCCC(C)(C)C(=O)O. The van der Waals surface area contributed by atoms with Crippen molar-refractivity contribution in [1.29, 1.82) is 0 Å². The van der Waals surface area contributed by atoms with Gasteiger partial charge in [0.2, 0.25) is 0 Å². The molecule has 0 aliphatic rings. The summed E-state index contributed by atoms with van der Waals surface area (Å²) in [6, 6.07) is 4.69. The van der Waals surface area contributed by atoms with Gasteiger partial charge in [0.05, 0.1) is 5.41 Å². The molecule has 1 heterocycles. The number of unbranched alkanes of at least 4 members (excludes halogenated alkanes) is 1. The lowest BCUT2D eigenvalue weighted by Gasteiger charge is -2.24. The van der Waals surface area contributed by atoms with Crippen LogP contribution in [-0.2, 0) is 4.79 Å². The summed E-state index contributed by atoms with van der Waals surface area (Å²) in [5, 5.41) is 11.2. The van der Waals surface area contributed by atoms with Crippen molar-refractivity contribution < 1.29 is 9.90 Å². The van der Waals surface area contributed by atoms with E-state index in [1.165, 1.54) is 4.88 Å². The molecule has 0 amide bonds. The highest BCUT2D eigenvalue weighted by Gasteiger charge is 2.26. The van der Waals surface area contributed by atoms with Crippen LogP contribution in [-0.4, -0.2) is 29.6 Å². The van der Waals surface area contributed by atoms with E-state index in [-0.39, 0.29) is 0 Å². The second-order valence-corrected chi connectivity index (χ2v) is 6.80. The smallest absolute Gasteiger partial charge is 0.309 e. The maximum atomic E-state index is 11.0. The topological polar surface area (TPSA) is 40.5 Å². The third-order valence-electron chi connectivity index (χ3n) is 3.76. The van der Waals surface area contributed by atoms with Crippen molar-refractivity contribution in [3.8, 4) is 0 Å². The van der Waals surface area contributed by atoms with E-state index >= 15 is 0 Å². The van der Waals surface area contributed by atoms with Crippen molar-refractivity contribution in [3.05, 3.63) is 22.4 Å². The van der Waals surface area contributed by atoms with E-state index in [0.29, 0.717) is 6.04 Å². The molecule has 0 aliphatic heterocycles. The van der Waals surface area contributed by atoms with Crippen molar-refractivity contribution >= 4 is 17.3 Å². The maximum absolute atomic E-state index is 11.0. The van der Waals surface area contributed by atoms with Gasteiger partial charge in [-0.05, 0) is 58.7 Å². The third kappa shape index (κ3) is 4.96. The predicted octanol–water partition coefficient (Wildman–Crippen LogP) is 4.02. The molecule has 1 atom stereocenters. The van der Waals surface area contributed by atoms with Gasteiger partial charge in [-0.25, -0.2) is 0 Å². The zero-order chi connectivity index (χ0) is 14.5. The number of thiophene rings is 1. The first-order chi connectivity index (χ1) is 8.84. The summed E-state index contributed by atoms with van der Waals surface area (Å²) in [6.45, 7) is 6.82. The molecule has 0 radical (unpaired) electrons. The molecular weight excluding hydrogens is 258 g/mol. The van der Waals surface area contributed by atoms with Gasteiger partial charge in [-0.1, -0.05) is 12.5 Å². The van der Waals surface area contributed by atoms with Gasteiger partial charge in [-0.2, -0.15) is 0 Å². The Kier molecular flexibility index (Phi) is 6.01. The minimum atomic E-state index is -0.701. The highest BCUT2D eigenvalue weighted by Crippen LogP contribution is 2.25. The summed E-state index contributed by atoms with van der Waals surface area (Å²) >= 11 is 1.79. The monoisotopic (exact) mass is 283 g/mol. The molecule has 4 heteroatoms. The zero-order valence-electron chi connectivity index (χ0n) is 12.3. The predicted molar refractivity (Wildman–Crippen MR) is 80.6 cm³/mol. The number of hydrogen-bond donors (Lipinski definition) is 1. The summed E-state index contributed by atoms with van der Waals surface area (Å²) in [5.41, 5.74) is -0.599. The van der Waals surface area contributed by atoms with E-state index in [2.05, 4.69) is 36.4 Å². The van der Waals surface area contributed by atoms with Gasteiger partial charge < -0.3 is 5.11 Å². The van der Waals surface area contributed by atoms with Gasteiger partial charge >= 0.3 is 5.97 Å². The van der Waals surface area contributed by atoms with Gasteiger partial charge in [-0.3, -0.25) is 9.69 Å². The van der Waals surface area contributed by atoms with E-state index < -0.39 is 11.4 Å². The third-order valence-corrected chi connectivity index (χ3v) is 4.80. The Labute approximate surface area is 120 Å². The summed E-state index contributed by atoms with van der Waals surface area (Å²) in [5.74, 6) is -0.701. The van der Waals surface area contributed by atoms with Crippen LogP contribution in [0.5, 0.6) is 0 Å². The molecule has 1 aromatic rings. The molecule has 0 saturated heterocycles. The number of carboxylic acid groups (broad SMARTS) is 1. The Bertz CT molecular complexity index is 387. The Hall–Kier alpha value is -0.870. The normalized spacial score (nSPS) is 13.7. The van der Waals surface area contributed by atoms with Gasteiger partial charge in [-0.15, -0.1) is 11.3 Å². The van der Waals surface area contributed by atoms with Crippen molar-refractivity contribution in [2.24, 2.45) is 5.41 Å². The van der Waals surface area contributed by atoms with Crippen LogP contribution in [0.2, 0.25) is 0 Å². The largest absolute Gasteiger partial charge is 0.481 e. The van der Waals surface area contributed by atoms with Crippen molar-refractivity contribution in [3.63, 3.8) is 0 Å². The first-order valence-corrected chi connectivity index (χ1v) is 7.69. The summed E-state index contributed by atoms with van der Waals surface area (Å²) in [6.07, 6.45) is 2.74. The fourth-order valence-corrected chi connectivity index (χ4v) is 2.82. The average molecular weight is 283 g/mol. The van der Waals surface area contributed by atoms with E-state index in [1.807, 2.05) is 0 Å². The van der Waals surface area contributed by atoms with Crippen LogP contribution in [0, 0.1) is 5.41 Å².